The molecule has 1 heterocycles. The molecule has 0 spiro atoms. The SMILES string of the molecule is CC(C)(NC1CCCCCC1O)c1nccs1. The van der Waals surface area contributed by atoms with Crippen molar-refractivity contribution in [3.05, 3.63) is 16.6 Å². The van der Waals surface area contributed by atoms with E-state index in [9.17, 15) is 5.11 Å². The van der Waals surface area contributed by atoms with Crippen molar-refractivity contribution in [3.63, 3.8) is 0 Å². The second-order valence-corrected chi connectivity index (χ2v) is 6.31. The van der Waals surface area contributed by atoms with Crippen LogP contribution in [0.4, 0.5) is 0 Å². The lowest BCUT2D eigenvalue weighted by Gasteiger charge is -2.32. The van der Waals surface area contributed by atoms with Gasteiger partial charge in [-0.25, -0.2) is 4.98 Å². The van der Waals surface area contributed by atoms with Crippen LogP contribution in [0.15, 0.2) is 11.6 Å². The van der Waals surface area contributed by atoms with Crippen molar-refractivity contribution < 1.29 is 5.11 Å². The predicted molar refractivity (Wildman–Crippen MR) is 71.2 cm³/mol. The van der Waals surface area contributed by atoms with E-state index in [-0.39, 0.29) is 17.7 Å². The third kappa shape index (κ3) is 3.27. The minimum atomic E-state index is -0.211. The number of aromatic nitrogens is 1. The molecule has 1 aromatic heterocycles. The molecule has 3 nitrogen and oxygen atoms in total. The largest absolute Gasteiger partial charge is 0.392 e. The molecule has 17 heavy (non-hydrogen) atoms. The number of aliphatic hydroxyl groups is 1. The zero-order chi connectivity index (χ0) is 12.3. The number of hydrogen-bond donors (Lipinski definition) is 2. The minimum Gasteiger partial charge on any atom is -0.392 e. The summed E-state index contributed by atoms with van der Waals surface area (Å²) in [5.74, 6) is 0. The molecule has 2 rings (SSSR count). The van der Waals surface area contributed by atoms with Crippen LogP contribution in [0.1, 0.15) is 51.0 Å². The molecule has 0 aromatic carbocycles. The van der Waals surface area contributed by atoms with Gasteiger partial charge in [0.25, 0.3) is 0 Å². The fourth-order valence-electron chi connectivity index (χ4n) is 2.51. The molecule has 2 atom stereocenters. The number of thiazole rings is 1. The third-order valence-corrected chi connectivity index (χ3v) is 4.59. The topological polar surface area (TPSA) is 45.1 Å². The fraction of sp³-hybridized carbons (Fsp3) is 0.769. The Morgan fingerprint density at radius 1 is 1.35 bits per heavy atom. The summed E-state index contributed by atoms with van der Waals surface area (Å²) < 4.78 is 0. The van der Waals surface area contributed by atoms with Crippen molar-refractivity contribution in [1.82, 2.24) is 10.3 Å². The summed E-state index contributed by atoms with van der Waals surface area (Å²) in [6.07, 6.45) is 7.22. The van der Waals surface area contributed by atoms with Gasteiger partial charge >= 0.3 is 0 Å². The summed E-state index contributed by atoms with van der Waals surface area (Å²) in [5.41, 5.74) is -0.149. The first-order valence-electron chi connectivity index (χ1n) is 6.45. The zero-order valence-corrected chi connectivity index (χ0v) is 11.5. The van der Waals surface area contributed by atoms with Crippen LogP contribution >= 0.6 is 11.3 Å². The van der Waals surface area contributed by atoms with E-state index >= 15 is 0 Å². The molecule has 1 saturated carbocycles. The third-order valence-electron chi connectivity index (χ3n) is 3.49. The molecule has 0 amide bonds. The highest BCUT2D eigenvalue weighted by Gasteiger charge is 2.30. The number of aliphatic hydroxyl groups excluding tert-OH is 1. The van der Waals surface area contributed by atoms with Crippen LogP contribution in [-0.2, 0) is 5.54 Å². The zero-order valence-electron chi connectivity index (χ0n) is 10.6. The van der Waals surface area contributed by atoms with Crippen LogP contribution in [0.25, 0.3) is 0 Å². The minimum absolute atomic E-state index is 0.149. The molecule has 2 N–H and O–H groups in total. The maximum atomic E-state index is 10.1. The Morgan fingerprint density at radius 2 is 2.12 bits per heavy atom. The summed E-state index contributed by atoms with van der Waals surface area (Å²) in [7, 11) is 0. The summed E-state index contributed by atoms with van der Waals surface area (Å²) in [5, 5.41) is 16.8. The predicted octanol–water partition coefficient (Wildman–Crippen LogP) is 2.66. The molecule has 1 aromatic rings. The van der Waals surface area contributed by atoms with E-state index in [4.69, 9.17) is 0 Å². The smallest absolute Gasteiger partial charge is 0.112 e. The Morgan fingerprint density at radius 3 is 2.82 bits per heavy atom. The summed E-state index contributed by atoms with van der Waals surface area (Å²) in [6, 6.07) is 0.205. The highest BCUT2D eigenvalue weighted by atomic mass is 32.1. The van der Waals surface area contributed by atoms with Gasteiger partial charge in [0.2, 0.25) is 0 Å². The van der Waals surface area contributed by atoms with Crippen LogP contribution in [0, 0.1) is 0 Å². The van der Waals surface area contributed by atoms with E-state index in [0.29, 0.717) is 0 Å². The molecule has 0 bridgehead atoms. The van der Waals surface area contributed by atoms with E-state index in [2.05, 4.69) is 24.1 Å². The molecule has 96 valence electrons. The summed E-state index contributed by atoms with van der Waals surface area (Å²) in [4.78, 5) is 4.38. The highest BCUT2D eigenvalue weighted by molar-refractivity contribution is 7.09. The maximum absolute atomic E-state index is 10.1. The van der Waals surface area contributed by atoms with Gasteiger partial charge in [-0.2, -0.15) is 0 Å². The second-order valence-electron chi connectivity index (χ2n) is 5.42. The monoisotopic (exact) mass is 254 g/mol. The van der Waals surface area contributed by atoms with Gasteiger partial charge in [0.05, 0.1) is 11.6 Å². The Bertz CT molecular complexity index is 337. The number of nitrogens with one attached hydrogen (secondary N) is 1. The summed E-state index contributed by atoms with van der Waals surface area (Å²) in [6.45, 7) is 4.28. The van der Waals surface area contributed by atoms with Crippen molar-refractivity contribution in [2.45, 2.75) is 63.6 Å². The van der Waals surface area contributed by atoms with E-state index in [1.165, 1.54) is 12.8 Å². The molecule has 2 unspecified atom stereocenters. The van der Waals surface area contributed by atoms with Gasteiger partial charge in [0, 0.05) is 17.6 Å². The lowest BCUT2D eigenvalue weighted by atomic mass is 9.99. The van der Waals surface area contributed by atoms with Gasteiger partial charge in [-0.15, -0.1) is 11.3 Å². The first-order valence-corrected chi connectivity index (χ1v) is 7.33. The van der Waals surface area contributed by atoms with Crippen molar-refractivity contribution in [3.8, 4) is 0 Å². The number of hydrogen-bond acceptors (Lipinski definition) is 4. The van der Waals surface area contributed by atoms with Crippen molar-refractivity contribution in [2.24, 2.45) is 0 Å². The Balaban J connectivity index is 2.03. The average Bonchev–Trinajstić information content (AvgIpc) is 2.74. The van der Waals surface area contributed by atoms with Gasteiger partial charge in [-0.1, -0.05) is 19.3 Å². The van der Waals surface area contributed by atoms with Crippen molar-refractivity contribution in [2.75, 3.05) is 0 Å². The Kier molecular flexibility index (Phi) is 4.17. The molecular weight excluding hydrogens is 232 g/mol. The van der Waals surface area contributed by atoms with E-state index in [0.717, 1.165) is 24.3 Å². The van der Waals surface area contributed by atoms with Crippen LogP contribution in [0.5, 0.6) is 0 Å². The molecule has 0 radical (unpaired) electrons. The Labute approximate surface area is 107 Å². The Hall–Kier alpha value is -0.450. The van der Waals surface area contributed by atoms with Gasteiger partial charge in [0.15, 0.2) is 0 Å². The first-order chi connectivity index (χ1) is 8.09. The normalized spacial score (nSPS) is 26.8. The van der Waals surface area contributed by atoms with Gasteiger partial charge < -0.3 is 10.4 Å². The fourth-order valence-corrected chi connectivity index (χ4v) is 3.24. The van der Waals surface area contributed by atoms with Crippen LogP contribution in [-0.4, -0.2) is 22.2 Å². The van der Waals surface area contributed by atoms with Crippen LogP contribution in [0.3, 0.4) is 0 Å². The molecule has 4 heteroatoms. The lowest BCUT2D eigenvalue weighted by molar-refractivity contribution is 0.103. The highest BCUT2D eigenvalue weighted by Crippen LogP contribution is 2.26. The lowest BCUT2D eigenvalue weighted by Crippen LogP contribution is -2.48. The molecule has 0 saturated heterocycles. The number of nitrogens with zero attached hydrogens (tertiary/aromatic N) is 1. The molecular formula is C13H22N2OS. The van der Waals surface area contributed by atoms with Crippen LogP contribution < -0.4 is 5.32 Å². The second kappa shape index (κ2) is 5.46. The van der Waals surface area contributed by atoms with E-state index < -0.39 is 0 Å². The first kappa shape index (κ1) is 13.0. The van der Waals surface area contributed by atoms with E-state index in [1.54, 1.807) is 11.3 Å². The molecule has 0 aliphatic heterocycles. The van der Waals surface area contributed by atoms with Gasteiger partial charge in [-0.3, -0.25) is 0 Å². The quantitative estimate of drug-likeness (QED) is 0.815. The molecule has 1 aliphatic carbocycles. The number of rotatable bonds is 3. The van der Waals surface area contributed by atoms with E-state index in [1.807, 2.05) is 11.6 Å². The van der Waals surface area contributed by atoms with Crippen LogP contribution in [0.2, 0.25) is 0 Å². The molecule has 1 fully saturated rings. The standard InChI is InChI=1S/C13H22N2OS/c1-13(2,12-14-8-9-17-12)15-10-6-4-3-5-7-11(10)16/h8-11,15-16H,3-7H2,1-2H3. The van der Waals surface area contributed by atoms with Gasteiger partial charge in [0.1, 0.15) is 5.01 Å². The summed E-state index contributed by atoms with van der Waals surface area (Å²) >= 11 is 1.67. The van der Waals surface area contributed by atoms with Gasteiger partial charge in [-0.05, 0) is 26.7 Å². The van der Waals surface area contributed by atoms with Crippen molar-refractivity contribution >= 4 is 11.3 Å². The average molecular weight is 254 g/mol. The molecule has 1 aliphatic rings. The maximum Gasteiger partial charge on any atom is 0.112 e. The van der Waals surface area contributed by atoms with Crippen molar-refractivity contribution in [1.29, 1.82) is 0 Å².